The third kappa shape index (κ3) is 24.6. The van der Waals surface area contributed by atoms with Crippen LogP contribution in [0.15, 0.2) is 60.8 Å². The fraction of sp³-hybridized carbons (Fsp3) is 0.692. The van der Waals surface area contributed by atoms with Gasteiger partial charge >= 0.3 is 11.9 Å². The third-order valence-electron chi connectivity index (χ3n) is 8.14. The summed E-state index contributed by atoms with van der Waals surface area (Å²) in [5.41, 5.74) is 0. The first-order valence-corrected chi connectivity index (χ1v) is 20.5. The molecule has 13 heteroatoms. The predicted octanol–water partition coefficient (Wildman–Crippen LogP) is 6.22. The second-order valence-corrected chi connectivity index (χ2v) is 14.4. The molecule has 1 saturated heterocycles. The van der Waals surface area contributed by atoms with E-state index in [0.29, 0.717) is 12.8 Å². The summed E-state index contributed by atoms with van der Waals surface area (Å²) >= 11 is 0. The van der Waals surface area contributed by atoms with Gasteiger partial charge in [-0.05, 0) is 38.5 Å². The zero-order valence-electron chi connectivity index (χ0n) is 31.1. The molecule has 0 aliphatic carbocycles. The molecule has 298 valence electrons. The molecule has 0 aromatic heterocycles. The molecule has 1 aliphatic heterocycles. The fourth-order valence-electron chi connectivity index (χ4n) is 5.22. The summed E-state index contributed by atoms with van der Waals surface area (Å²) in [7, 11) is -4.61. The van der Waals surface area contributed by atoms with E-state index in [-0.39, 0.29) is 19.4 Å². The number of hydrogen-bond acceptors (Lipinski definition) is 11. The molecular weight excluding hydrogens is 692 g/mol. The van der Waals surface area contributed by atoms with Gasteiger partial charge in [-0.3, -0.25) is 14.1 Å². The van der Waals surface area contributed by atoms with Gasteiger partial charge in [-0.15, -0.1) is 0 Å². The molecule has 52 heavy (non-hydrogen) atoms. The van der Waals surface area contributed by atoms with E-state index in [9.17, 15) is 37.9 Å². The zero-order chi connectivity index (χ0) is 38.5. The van der Waals surface area contributed by atoms with Gasteiger partial charge in [-0.2, -0.15) is 8.42 Å². The Morgan fingerprint density at radius 3 is 1.73 bits per heavy atom. The van der Waals surface area contributed by atoms with Crippen LogP contribution in [0, 0.1) is 0 Å². The van der Waals surface area contributed by atoms with Crippen molar-refractivity contribution in [3.8, 4) is 0 Å². The molecule has 12 nitrogen and oxygen atoms in total. The number of ether oxygens (including phenoxy) is 4. The summed E-state index contributed by atoms with van der Waals surface area (Å²) in [6.45, 7) is 3.49. The minimum absolute atomic E-state index is 0.0691. The maximum atomic E-state index is 12.7. The highest BCUT2D eigenvalue weighted by molar-refractivity contribution is 7.85. The first kappa shape index (κ1) is 47.4. The lowest BCUT2D eigenvalue weighted by molar-refractivity contribution is -0.297. The van der Waals surface area contributed by atoms with Crippen molar-refractivity contribution in [3.63, 3.8) is 0 Å². The molecule has 0 aromatic carbocycles. The summed E-state index contributed by atoms with van der Waals surface area (Å²) in [5.74, 6) is -2.16. The van der Waals surface area contributed by atoms with Crippen molar-refractivity contribution in [1.29, 1.82) is 0 Å². The average Bonchev–Trinajstić information content (AvgIpc) is 3.10. The van der Waals surface area contributed by atoms with Gasteiger partial charge in [0.05, 0.1) is 13.0 Å². The van der Waals surface area contributed by atoms with Gasteiger partial charge in [0.15, 0.2) is 12.4 Å². The molecule has 0 radical (unpaired) electrons. The van der Waals surface area contributed by atoms with Crippen LogP contribution in [0.25, 0.3) is 0 Å². The second kappa shape index (κ2) is 29.8. The van der Waals surface area contributed by atoms with Crippen molar-refractivity contribution in [2.75, 3.05) is 19.0 Å². The van der Waals surface area contributed by atoms with Gasteiger partial charge in [-0.25, -0.2) is 0 Å². The quantitative estimate of drug-likeness (QED) is 0.0293. The van der Waals surface area contributed by atoms with Gasteiger partial charge < -0.3 is 34.3 Å². The first-order chi connectivity index (χ1) is 25.0. The van der Waals surface area contributed by atoms with E-state index in [4.69, 9.17) is 18.9 Å². The summed E-state index contributed by atoms with van der Waals surface area (Å²) in [4.78, 5) is 25.1. The van der Waals surface area contributed by atoms with Crippen LogP contribution in [0.2, 0.25) is 0 Å². The minimum Gasteiger partial charge on any atom is -0.462 e. The van der Waals surface area contributed by atoms with Gasteiger partial charge in [0.25, 0.3) is 10.1 Å². The van der Waals surface area contributed by atoms with Gasteiger partial charge in [-0.1, -0.05) is 126 Å². The van der Waals surface area contributed by atoms with Crippen LogP contribution in [0.3, 0.4) is 0 Å². The summed E-state index contributed by atoms with van der Waals surface area (Å²) in [5, 5.41) is 30.7. The maximum Gasteiger partial charge on any atom is 0.310 e. The topological polar surface area (TPSA) is 186 Å². The number of allylic oxidation sites excluding steroid dienone is 9. The minimum atomic E-state index is -4.61. The van der Waals surface area contributed by atoms with E-state index in [2.05, 4.69) is 50.3 Å². The highest BCUT2D eigenvalue weighted by atomic mass is 32.2. The van der Waals surface area contributed by atoms with E-state index in [0.717, 1.165) is 44.9 Å². The summed E-state index contributed by atoms with van der Waals surface area (Å²) in [6, 6.07) is 0. The number of esters is 2. The number of hydrogen-bond donors (Lipinski definition) is 4. The van der Waals surface area contributed by atoms with Crippen molar-refractivity contribution in [2.45, 2.75) is 153 Å². The molecule has 6 unspecified atom stereocenters. The molecule has 1 aliphatic rings. The molecule has 4 N–H and O–H groups in total. The Kier molecular flexibility index (Phi) is 27.1. The highest BCUT2D eigenvalue weighted by Crippen LogP contribution is 2.23. The van der Waals surface area contributed by atoms with Crippen molar-refractivity contribution in [3.05, 3.63) is 60.8 Å². The van der Waals surface area contributed by atoms with Crippen LogP contribution in [-0.4, -0.2) is 96.0 Å². The highest BCUT2D eigenvalue weighted by Gasteiger charge is 2.46. The SMILES string of the molecule is CC/C=C\C/C=C\C/C=C\C/C=C\C/C=C\CC(=O)OC(COC(=O)CCCCCCCCCCC)COC1OC(CS(=O)(=O)O)C(O)C(O)C1O. The number of carbonyl (C=O) groups excluding carboxylic acids is 2. The standard InChI is InChI=1S/C39H64O12S/c1-3-5-7-9-11-13-14-15-16-17-18-20-22-24-26-28-35(41)50-32(29-48-34(40)27-25-23-21-19-12-10-8-6-4-2)30-49-39-38(44)37(43)36(42)33(51-39)31-52(45,46)47/h5,7,11,13,15-16,18,20,24,26,32-33,36-39,42-44H,3-4,6,8-10,12,14,17,19,21-23,25,27-31H2,1-2H3,(H,45,46,47)/b7-5-,13-11-,16-15-,20-18-,26-24-. The number of aliphatic hydroxyl groups is 3. The van der Waals surface area contributed by atoms with Gasteiger partial charge in [0, 0.05) is 6.42 Å². The van der Waals surface area contributed by atoms with Crippen molar-refractivity contribution < 1.29 is 56.8 Å². The van der Waals surface area contributed by atoms with Crippen LogP contribution >= 0.6 is 0 Å². The molecule has 1 fully saturated rings. The van der Waals surface area contributed by atoms with E-state index < -0.39 is 71.2 Å². The molecule has 0 saturated carbocycles. The first-order valence-electron chi connectivity index (χ1n) is 18.8. The molecule has 6 atom stereocenters. The van der Waals surface area contributed by atoms with Gasteiger partial charge in [0.2, 0.25) is 0 Å². The van der Waals surface area contributed by atoms with Crippen LogP contribution in [0.5, 0.6) is 0 Å². The lowest BCUT2D eigenvalue weighted by Gasteiger charge is -2.40. The average molecular weight is 757 g/mol. The Morgan fingerprint density at radius 1 is 0.673 bits per heavy atom. The third-order valence-corrected chi connectivity index (χ3v) is 8.89. The maximum absolute atomic E-state index is 12.7. The van der Waals surface area contributed by atoms with Crippen LogP contribution in [0.4, 0.5) is 0 Å². The number of carbonyl (C=O) groups is 2. The van der Waals surface area contributed by atoms with Crippen molar-refractivity contribution in [1.82, 2.24) is 0 Å². The number of aliphatic hydroxyl groups excluding tert-OH is 3. The van der Waals surface area contributed by atoms with E-state index in [1.54, 1.807) is 6.08 Å². The Balaban J connectivity index is 2.62. The molecule has 0 amide bonds. The molecule has 0 bridgehead atoms. The van der Waals surface area contributed by atoms with Crippen LogP contribution in [-0.2, 0) is 38.7 Å². The van der Waals surface area contributed by atoms with E-state index in [1.165, 1.54) is 32.1 Å². The van der Waals surface area contributed by atoms with Crippen LogP contribution < -0.4 is 0 Å². The predicted molar refractivity (Wildman–Crippen MR) is 201 cm³/mol. The largest absolute Gasteiger partial charge is 0.462 e. The number of rotatable bonds is 29. The molecule has 1 heterocycles. The Morgan fingerprint density at radius 2 is 1.19 bits per heavy atom. The lowest BCUT2D eigenvalue weighted by Crippen LogP contribution is -2.60. The smallest absolute Gasteiger partial charge is 0.310 e. The monoisotopic (exact) mass is 756 g/mol. The van der Waals surface area contributed by atoms with E-state index in [1.807, 2.05) is 18.2 Å². The molecular formula is C39H64O12S. The van der Waals surface area contributed by atoms with E-state index >= 15 is 0 Å². The Labute approximate surface area is 311 Å². The molecule has 0 spiro atoms. The van der Waals surface area contributed by atoms with Crippen molar-refractivity contribution in [2.24, 2.45) is 0 Å². The number of unbranched alkanes of at least 4 members (excludes halogenated alkanes) is 8. The lowest BCUT2D eigenvalue weighted by atomic mass is 10.00. The normalized spacial score (nSPS) is 22.0. The van der Waals surface area contributed by atoms with Gasteiger partial charge in [0.1, 0.15) is 36.8 Å². The summed E-state index contributed by atoms with van der Waals surface area (Å²) < 4.78 is 53.6. The zero-order valence-corrected chi connectivity index (χ0v) is 32.0. The summed E-state index contributed by atoms with van der Waals surface area (Å²) in [6.07, 6.45) is 24.7. The fourth-order valence-corrected chi connectivity index (χ4v) is 5.91. The Hall–Kier alpha value is -2.65. The second-order valence-electron chi connectivity index (χ2n) is 12.9. The molecule has 0 aromatic rings. The molecule has 1 rings (SSSR count). The Bertz CT molecular complexity index is 1210. The van der Waals surface area contributed by atoms with Crippen LogP contribution in [0.1, 0.15) is 117 Å². The van der Waals surface area contributed by atoms with Crippen molar-refractivity contribution >= 4 is 22.1 Å².